The molecule has 7 nitrogen and oxygen atoms in total. The number of carbonyl (C=O) groups excluding carboxylic acids is 2. The van der Waals surface area contributed by atoms with Crippen LogP contribution < -0.4 is 10.2 Å². The molecule has 2 aliphatic rings. The number of nitrogens with zero attached hydrogens (tertiary/aromatic N) is 3. The number of carbonyl (C=O) groups is 2. The molecular weight excluding hydrogens is 318 g/mol. The maximum absolute atomic E-state index is 12.5. The third-order valence-electron chi connectivity index (χ3n) is 5.14. The number of anilines is 1. The van der Waals surface area contributed by atoms with Crippen molar-refractivity contribution in [2.45, 2.75) is 44.1 Å². The van der Waals surface area contributed by atoms with Crippen molar-refractivity contribution in [2.75, 3.05) is 11.4 Å². The Bertz CT molecular complexity index is 765. The second-order valence-electron chi connectivity index (χ2n) is 6.81. The molecule has 0 bridgehead atoms. The predicted molar refractivity (Wildman–Crippen MR) is 91.8 cm³/mol. The van der Waals surface area contributed by atoms with E-state index in [1.165, 1.54) is 6.33 Å². The van der Waals surface area contributed by atoms with E-state index in [2.05, 4.69) is 20.5 Å². The number of aromatic amines is 1. The van der Waals surface area contributed by atoms with E-state index < -0.39 is 5.54 Å². The summed E-state index contributed by atoms with van der Waals surface area (Å²) < 4.78 is 0. The SMILES string of the molecule is O=C(Cc1ccc(N2CCCC2=O)cc1)NC1(c2ncn[nH]2)CCC1. The van der Waals surface area contributed by atoms with Crippen LogP contribution in [0.5, 0.6) is 0 Å². The molecule has 7 heteroatoms. The van der Waals surface area contributed by atoms with Crippen molar-refractivity contribution in [3.8, 4) is 0 Å². The summed E-state index contributed by atoms with van der Waals surface area (Å²) in [6.45, 7) is 0.776. The monoisotopic (exact) mass is 339 g/mol. The summed E-state index contributed by atoms with van der Waals surface area (Å²) >= 11 is 0. The zero-order valence-electron chi connectivity index (χ0n) is 14.0. The molecule has 2 amide bonds. The van der Waals surface area contributed by atoms with Crippen molar-refractivity contribution in [3.05, 3.63) is 42.0 Å². The van der Waals surface area contributed by atoms with Crippen molar-refractivity contribution in [2.24, 2.45) is 0 Å². The van der Waals surface area contributed by atoms with Gasteiger partial charge in [-0.15, -0.1) is 0 Å². The molecule has 2 N–H and O–H groups in total. The van der Waals surface area contributed by atoms with E-state index in [-0.39, 0.29) is 11.8 Å². The molecule has 1 aromatic heterocycles. The number of amides is 2. The minimum atomic E-state index is -0.393. The summed E-state index contributed by atoms with van der Waals surface area (Å²) in [5, 5.41) is 9.89. The summed E-state index contributed by atoms with van der Waals surface area (Å²) in [7, 11) is 0. The van der Waals surface area contributed by atoms with E-state index in [1.807, 2.05) is 24.3 Å². The molecular formula is C18H21N5O2. The molecule has 25 heavy (non-hydrogen) atoms. The maximum Gasteiger partial charge on any atom is 0.227 e. The number of aromatic nitrogens is 3. The topological polar surface area (TPSA) is 91.0 Å². The van der Waals surface area contributed by atoms with Gasteiger partial charge >= 0.3 is 0 Å². The van der Waals surface area contributed by atoms with Crippen molar-refractivity contribution in [1.82, 2.24) is 20.5 Å². The maximum atomic E-state index is 12.5. The average molecular weight is 339 g/mol. The lowest BCUT2D eigenvalue weighted by Crippen LogP contribution is -2.52. The Labute approximate surface area is 145 Å². The van der Waals surface area contributed by atoms with Crippen LogP contribution in [0, 0.1) is 0 Å². The van der Waals surface area contributed by atoms with Crippen molar-refractivity contribution >= 4 is 17.5 Å². The lowest BCUT2D eigenvalue weighted by atomic mass is 9.76. The van der Waals surface area contributed by atoms with Crippen LogP contribution in [0.1, 0.15) is 43.5 Å². The third kappa shape index (κ3) is 3.01. The highest BCUT2D eigenvalue weighted by Crippen LogP contribution is 2.39. The number of hydrogen-bond acceptors (Lipinski definition) is 4. The summed E-state index contributed by atoms with van der Waals surface area (Å²) in [6, 6.07) is 7.67. The summed E-state index contributed by atoms with van der Waals surface area (Å²) in [5.74, 6) is 0.876. The van der Waals surface area contributed by atoms with Crippen LogP contribution in [0.4, 0.5) is 5.69 Å². The largest absolute Gasteiger partial charge is 0.343 e. The lowest BCUT2D eigenvalue weighted by molar-refractivity contribution is -0.124. The zero-order chi connectivity index (χ0) is 17.3. The fourth-order valence-corrected chi connectivity index (χ4v) is 3.60. The molecule has 1 aromatic carbocycles. The van der Waals surface area contributed by atoms with E-state index in [1.54, 1.807) is 4.90 Å². The molecule has 2 aromatic rings. The Balaban J connectivity index is 1.40. The molecule has 0 atom stereocenters. The van der Waals surface area contributed by atoms with Gasteiger partial charge in [-0.2, -0.15) is 5.10 Å². The van der Waals surface area contributed by atoms with Gasteiger partial charge in [0.25, 0.3) is 0 Å². The van der Waals surface area contributed by atoms with E-state index in [0.29, 0.717) is 12.8 Å². The number of rotatable bonds is 5. The smallest absolute Gasteiger partial charge is 0.227 e. The van der Waals surface area contributed by atoms with Gasteiger partial charge in [-0.25, -0.2) is 4.98 Å². The van der Waals surface area contributed by atoms with Gasteiger partial charge in [-0.05, 0) is 43.4 Å². The average Bonchev–Trinajstić information content (AvgIpc) is 3.24. The molecule has 4 rings (SSSR count). The Morgan fingerprint density at radius 2 is 2.04 bits per heavy atom. The van der Waals surface area contributed by atoms with Crippen molar-refractivity contribution < 1.29 is 9.59 Å². The van der Waals surface area contributed by atoms with Crippen LogP contribution >= 0.6 is 0 Å². The molecule has 2 heterocycles. The van der Waals surface area contributed by atoms with Gasteiger partial charge in [0.1, 0.15) is 12.2 Å². The highest BCUT2D eigenvalue weighted by Gasteiger charge is 2.42. The molecule has 1 saturated heterocycles. The molecule has 0 unspecified atom stereocenters. The Morgan fingerprint density at radius 1 is 1.24 bits per heavy atom. The fraction of sp³-hybridized carbons (Fsp3) is 0.444. The number of benzene rings is 1. The highest BCUT2D eigenvalue weighted by molar-refractivity contribution is 5.95. The summed E-state index contributed by atoms with van der Waals surface area (Å²) in [4.78, 5) is 30.3. The minimum absolute atomic E-state index is 0.0268. The van der Waals surface area contributed by atoms with Crippen molar-refractivity contribution in [3.63, 3.8) is 0 Å². The molecule has 1 aliphatic carbocycles. The highest BCUT2D eigenvalue weighted by atomic mass is 16.2. The van der Waals surface area contributed by atoms with Gasteiger partial charge in [0.05, 0.1) is 12.0 Å². The molecule has 0 spiro atoms. The quantitative estimate of drug-likeness (QED) is 0.867. The number of H-pyrrole nitrogens is 1. The van der Waals surface area contributed by atoms with Gasteiger partial charge in [-0.3, -0.25) is 14.7 Å². The Kier molecular flexibility index (Phi) is 3.99. The molecule has 2 fully saturated rings. The first-order valence-corrected chi connectivity index (χ1v) is 8.72. The van der Waals surface area contributed by atoms with Crippen LogP contribution in [-0.4, -0.2) is 33.5 Å². The third-order valence-corrected chi connectivity index (χ3v) is 5.14. The predicted octanol–water partition coefficient (Wildman–Crippen LogP) is 1.67. The van der Waals surface area contributed by atoms with Crippen LogP contribution in [0.3, 0.4) is 0 Å². The van der Waals surface area contributed by atoms with Gasteiger partial charge < -0.3 is 10.2 Å². The van der Waals surface area contributed by atoms with Crippen LogP contribution in [0.2, 0.25) is 0 Å². The first-order chi connectivity index (χ1) is 12.2. The summed E-state index contributed by atoms with van der Waals surface area (Å²) in [5.41, 5.74) is 1.44. The molecule has 130 valence electrons. The van der Waals surface area contributed by atoms with E-state index in [4.69, 9.17) is 0 Å². The number of nitrogens with one attached hydrogen (secondary N) is 2. The van der Waals surface area contributed by atoms with Crippen LogP contribution in [0.25, 0.3) is 0 Å². The van der Waals surface area contributed by atoms with E-state index in [9.17, 15) is 9.59 Å². The summed E-state index contributed by atoms with van der Waals surface area (Å²) in [6.07, 6.45) is 6.14. The molecule has 0 radical (unpaired) electrons. The van der Waals surface area contributed by atoms with Crippen molar-refractivity contribution in [1.29, 1.82) is 0 Å². The fourth-order valence-electron chi connectivity index (χ4n) is 3.60. The Hall–Kier alpha value is -2.70. The van der Waals surface area contributed by atoms with Gasteiger partial charge in [-0.1, -0.05) is 12.1 Å². The van der Waals surface area contributed by atoms with E-state index in [0.717, 1.165) is 49.3 Å². The van der Waals surface area contributed by atoms with Gasteiger partial charge in [0, 0.05) is 18.7 Å². The van der Waals surface area contributed by atoms with E-state index >= 15 is 0 Å². The second-order valence-corrected chi connectivity index (χ2v) is 6.81. The number of hydrogen-bond donors (Lipinski definition) is 2. The second kappa shape index (κ2) is 6.31. The minimum Gasteiger partial charge on any atom is -0.343 e. The molecule has 1 aliphatic heterocycles. The zero-order valence-corrected chi connectivity index (χ0v) is 14.0. The first-order valence-electron chi connectivity index (χ1n) is 8.72. The molecule has 1 saturated carbocycles. The Morgan fingerprint density at radius 3 is 2.60 bits per heavy atom. The van der Waals surface area contributed by atoms with Crippen LogP contribution in [-0.2, 0) is 21.5 Å². The normalized spacial score (nSPS) is 18.9. The van der Waals surface area contributed by atoms with Crippen LogP contribution in [0.15, 0.2) is 30.6 Å². The van der Waals surface area contributed by atoms with Gasteiger partial charge in [0.15, 0.2) is 0 Å². The van der Waals surface area contributed by atoms with Gasteiger partial charge in [0.2, 0.25) is 11.8 Å². The standard InChI is InChI=1S/C18H21N5O2/c24-15(21-18(8-2-9-18)17-19-12-20-22-17)11-13-4-6-14(7-5-13)23-10-1-3-16(23)25/h4-7,12H,1-3,8-11H2,(H,21,24)(H,19,20,22). The first kappa shape index (κ1) is 15.8. The lowest BCUT2D eigenvalue weighted by Gasteiger charge is -2.40.